The largest absolute Gasteiger partial charge is 0.341 e. The average Bonchev–Trinajstić information content (AvgIpc) is 3.17. The van der Waals surface area contributed by atoms with E-state index in [4.69, 9.17) is 4.98 Å². The molecule has 0 atom stereocenters. The molecule has 4 aromatic rings. The van der Waals surface area contributed by atoms with Crippen LogP contribution in [0, 0.1) is 0 Å². The molecule has 1 fully saturated rings. The van der Waals surface area contributed by atoms with Crippen LogP contribution in [0.3, 0.4) is 0 Å². The molecule has 0 N–H and O–H groups in total. The molecule has 1 aliphatic carbocycles. The summed E-state index contributed by atoms with van der Waals surface area (Å²) < 4.78 is 4.44. The topological polar surface area (TPSA) is 22.2 Å². The van der Waals surface area contributed by atoms with Crippen LogP contribution in [0.15, 0.2) is 42.7 Å². The predicted molar refractivity (Wildman–Crippen MR) is 81.2 cm³/mol. The molecule has 0 radical (unpaired) electrons. The Morgan fingerprint density at radius 2 is 1.95 bits per heavy atom. The number of benzene rings is 1. The number of aromatic nitrogens is 3. The fraction of sp³-hybridized carbons (Fsp3) is 0.235. The van der Waals surface area contributed by atoms with E-state index in [-0.39, 0.29) is 0 Å². The second-order valence-electron chi connectivity index (χ2n) is 5.83. The van der Waals surface area contributed by atoms with Crippen LogP contribution in [0.4, 0.5) is 0 Å². The van der Waals surface area contributed by atoms with Crippen molar-refractivity contribution < 1.29 is 0 Å². The molecule has 0 saturated heterocycles. The van der Waals surface area contributed by atoms with Gasteiger partial charge in [-0.15, -0.1) is 0 Å². The highest BCUT2D eigenvalue weighted by molar-refractivity contribution is 6.12. The van der Waals surface area contributed by atoms with Gasteiger partial charge in [-0.2, -0.15) is 0 Å². The Morgan fingerprint density at radius 3 is 2.80 bits per heavy atom. The van der Waals surface area contributed by atoms with Crippen molar-refractivity contribution in [2.75, 3.05) is 0 Å². The first-order chi connectivity index (χ1) is 9.83. The molecule has 3 aromatic heterocycles. The van der Waals surface area contributed by atoms with E-state index in [1.807, 2.05) is 0 Å². The van der Waals surface area contributed by atoms with Gasteiger partial charge in [0.1, 0.15) is 0 Å². The van der Waals surface area contributed by atoms with Crippen LogP contribution in [-0.4, -0.2) is 14.0 Å². The summed E-state index contributed by atoms with van der Waals surface area (Å²) in [6, 6.07) is 10.8. The van der Waals surface area contributed by atoms with E-state index in [2.05, 4.69) is 58.7 Å². The van der Waals surface area contributed by atoms with Crippen molar-refractivity contribution in [1.29, 1.82) is 0 Å². The van der Waals surface area contributed by atoms with E-state index in [9.17, 15) is 0 Å². The zero-order valence-corrected chi connectivity index (χ0v) is 11.4. The lowest BCUT2D eigenvalue weighted by molar-refractivity contribution is 1.01. The van der Waals surface area contributed by atoms with E-state index < -0.39 is 0 Å². The van der Waals surface area contributed by atoms with Gasteiger partial charge in [0.25, 0.3) is 0 Å². The van der Waals surface area contributed by atoms with E-state index >= 15 is 0 Å². The molecular weight excluding hydrogens is 246 g/mol. The molecule has 3 heteroatoms. The maximum atomic E-state index is 4.90. The molecule has 0 bridgehead atoms. The lowest BCUT2D eigenvalue weighted by Crippen LogP contribution is -1.90. The van der Waals surface area contributed by atoms with Crippen molar-refractivity contribution >= 4 is 27.5 Å². The monoisotopic (exact) mass is 261 g/mol. The maximum absolute atomic E-state index is 4.90. The lowest BCUT2D eigenvalue weighted by Gasteiger charge is -1.99. The number of hydrogen-bond donors (Lipinski definition) is 0. The summed E-state index contributed by atoms with van der Waals surface area (Å²) in [4.78, 5) is 4.90. The van der Waals surface area contributed by atoms with Crippen molar-refractivity contribution in [3.05, 3.63) is 48.4 Å². The Hall–Kier alpha value is -2.29. The van der Waals surface area contributed by atoms with Gasteiger partial charge in [-0.25, -0.2) is 4.98 Å². The molecular formula is C17H15N3. The van der Waals surface area contributed by atoms with Crippen LogP contribution >= 0.6 is 0 Å². The minimum atomic E-state index is 0.694. The molecule has 1 aliphatic rings. The molecule has 0 aliphatic heterocycles. The predicted octanol–water partition coefficient (Wildman–Crippen LogP) is 3.86. The molecule has 0 unspecified atom stereocenters. The highest BCUT2D eigenvalue weighted by Crippen LogP contribution is 2.40. The summed E-state index contributed by atoms with van der Waals surface area (Å²) in [5.41, 5.74) is 4.85. The second-order valence-corrected chi connectivity index (χ2v) is 5.83. The Morgan fingerprint density at radius 1 is 1.10 bits per heavy atom. The zero-order chi connectivity index (χ0) is 13.3. The first kappa shape index (κ1) is 10.5. The molecule has 98 valence electrons. The Bertz CT molecular complexity index is 970. The standard InChI is InChI=1S/C17H15N3/c1-19-15-5-3-2-4-12(15)13-8-9-20-10-14(11-6-7-11)18-17(20)16(13)19/h2-5,8-11H,6-7H2,1H3. The smallest absolute Gasteiger partial charge is 0.161 e. The third-order valence-corrected chi connectivity index (χ3v) is 4.51. The number of para-hydroxylation sites is 1. The van der Waals surface area contributed by atoms with Crippen LogP contribution in [0.1, 0.15) is 24.5 Å². The van der Waals surface area contributed by atoms with Crippen molar-refractivity contribution in [2.45, 2.75) is 18.8 Å². The third kappa shape index (κ3) is 1.22. The second kappa shape index (κ2) is 3.42. The minimum absolute atomic E-state index is 0.694. The summed E-state index contributed by atoms with van der Waals surface area (Å²) >= 11 is 0. The Balaban J connectivity index is 2.00. The van der Waals surface area contributed by atoms with Gasteiger partial charge in [0.05, 0.1) is 11.2 Å². The molecule has 20 heavy (non-hydrogen) atoms. The van der Waals surface area contributed by atoms with Gasteiger partial charge >= 0.3 is 0 Å². The van der Waals surface area contributed by atoms with Crippen LogP contribution in [-0.2, 0) is 7.05 Å². The molecule has 3 heterocycles. The van der Waals surface area contributed by atoms with E-state index in [0.29, 0.717) is 5.92 Å². The van der Waals surface area contributed by atoms with Crippen molar-refractivity contribution in [1.82, 2.24) is 14.0 Å². The number of rotatable bonds is 1. The van der Waals surface area contributed by atoms with E-state index in [0.717, 1.165) is 5.65 Å². The maximum Gasteiger partial charge on any atom is 0.161 e. The van der Waals surface area contributed by atoms with Crippen LogP contribution in [0.5, 0.6) is 0 Å². The molecule has 0 amide bonds. The highest BCUT2D eigenvalue weighted by Gasteiger charge is 2.26. The van der Waals surface area contributed by atoms with Gasteiger partial charge in [0, 0.05) is 41.6 Å². The Labute approximate surface area is 116 Å². The van der Waals surface area contributed by atoms with Crippen LogP contribution in [0.2, 0.25) is 0 Å². The molecule has 3 nitrogen and oxygen atoms in total. The summed E-state index contributed by atoms with van der Waals surface area (Å²) in [5, 5.41) is 2.60. The average molecular weight is 261 g/mol. The first-order valence-electron chi connectivity index (χ1n) is 7.17. The number of pyridine rings is 1. The number of aryl methyl sites for hydroxylation is 1. The van der Waals surface area contributed by atoms with E-state index in [1.165, 1.54) is 40.3 Å². The van der Waals surface area contributed by atoms with Crippen molar-refractivity contribution in [3.8, 4) is 0 Å². The number of hydrogen-bond acceptors (Lipinski definition) is 1. The van der Waals surface area contributed by atoms with Gasteiger partial charge in [0.2, 0.25) is 0 Å². The lowest BCUT2D eigenvalue weighted by atomic mass is 10.2. The third-order valence-electron chi connectivity index (χ3n) is 4.51. The highest BCUT2D eigenvalue weighted by atomic mass is 15.0. The molecule has 1 saturated carbocycles. The van der Waals surface area contributed by atoms with Crippen molar-refractivity contribution in [2.24, 2.45) is 7.05 Å². The minimum Gasteiger partial charge on any atom is -0.341 e. The van der Waals surface area contributed by atoms with Crippen LogP contribution in [0.25, 0.3) is 27.5 Å². The van der Waals surface area contributed by atoms with Gasteiger partial charge in [0.15, 0.2) is 5.65 Å². The fourth-order valence-electron chi connectivity index (χ4n) is 3.29. The summed E-state index contributed by atoms with van der Waals surface area (Å²) in [5.74, 6) is 0.694. The quantitative estimate of drug-likeness (QED) is 0.510. The number of nitrogens with zero attached hydrogens (tertiary/aromatic N) is 3. The van der Waals surface area contributed by atoms with Crippen molar-refractivity contribution in [3.63, 3.8) is 0 Å². The summed E-state index contributed by atoms with van der Waals surface area (Å²) in [6.45, 7) is 0. The van der Waals surface area contributed by atoms with Crippen LogP contribution < -0.4 is 0 Å². The fourth-order valence-corrected chi connectivity index (χ4v) is 3.29. The van der Waals surface area contributed by atoms with E-state index in [1.54, 1.807) is 0 Å². The van der Waals surface area contributed by atoms with Gasteiger partial charge in [-0.05, 0) is 25.0 Å². The first-order valence-corrected chi connectivity index (χ1v) is 7.17. The Kier molecular flexibility index (Phi) is 1.80. The molecule has 5 rings (SSSR count). The van der Waals surface area contributed by atoms with Gasteiger partial charge in [-0.1, -0.05) is 18.2 Å². The number of imidazole rings is 1. The zero-order valence-electron chi connectivity index (χ0n) is 11.4. The molecule has 1 aromatic carbocycles. The van der Waals surface area contributed by atoms with Gasteiger partial charge < -0.3 is 8.97 Å². The normalized spacial score (nSPS) is 15.7. The summed E-state index contributed by atoms with van der Waals surface area (Å²) in [7, 11) is 2.14. The van der Waals surface area contributed by atoms with Gasteiger partial charge in [-0.3, -0.25) is 0 Å². The molecule has 0 spiro atoms. The SMILES string of the molecule is Cn1c2ccccc2c2ccn3cc(C4CC4)nc3c21. The number of fused-ring (bicyclic) bond motifs is 5. The summed E-state index contributed by atoms with van der Waals surface area (Å²) in [6.07, 6.45) is 6.93.